The van der Waals surface area contributed by atoms with Crippen molar-refractivity contribution in [2.24, 2.45) is 0 Å². The van der Waals surface area contributed by atoms with Crippen LogP contribution in [0.2, 0.25) is 0 Å². The third-order valence-electron chi connectivity index (χ3n) is 2.82. The summed E-state index contributed by atoms with van der Waals surface area (Å²) >= 11 is 0. The van der Waals surface area contributed by atoms with E-state index in [4.69, 9.17) is 5.26 Å². The summed E-state index contributed by atoms with van der Waals surface area (Å²) in [5.41, 5.74) is 0.947. The molecule has 92 valence electrons. The number of likely N-dealkylation sites (N-methyl/N-ethyl adjacent to an activating group) is 1. The van der Waals surface area contributed by atoms with Gasteiger partial charge in [0.2, 0.25) is 0 Å². The second-order valence-electron chi connectivity index (χ2n) is 4.36. The number of rotatable bonds is 5. The molecule has 0 spiro atoms. The lowest BCUT2D eigenvalue weighted by Crippen LogP contribution is -2.35. The summed E-state index contributed by atoms with van der Waals surface area (Å²) in [4.78, 5) is 2.10. The normalized spacial score (nSPS) is 12.5. The average Bonchev–Trinajstić information content (AvgIpc) is 2.30. The molecule has 1 rings (SSSR count). The molecule has 1 unspecified atom stereocenters. The number of hydrogen-bond donors (Lipinski definition) is 1. The summed E-state index contributed by atoms with van der Waals surface area (Å²) in [6, 6.07) is 6.88. The Labute approximate surface area is 102 Å². The second kappa shape index (κ2) is 6.33. The van der Waals surface area contributed by atoms with E-state index in [9.17, 15) is 4.39 Å². The second-order valence-corrected chi connectivity index (χ2v) is 4.36. The maximum absolute atomic E-state index is 13.5. The highest BCUT2D eigenvalue weighted by molar-refractivity contribution is 5.32. The highest BCUT2D eigenvalue weighted by atomic mass is 19.1. The minimum Gasteiger partial charge on any atom is -0.311 e. The van der Waals surface area contributed by atoms with Crippen LogP contribution in [-0.4, -0.2) is 31.6 Å². The molecular weight excluding hydrogens is 217 g/mol. The molecule has 0 aromatic heterocycles. The number of benzene rings is 1. The van der Waals surface area contributed by atoms with Crippen molar-refractivity contribution in [3.8, 4) is 6.07 Å². The summed E-state index contributed by atoms with van der Waals surface area (Å²) in [6.07, 6.45) is 0. The van der Waals surface area contributed by atoms with E-state index in [1.165, 1.54) is 6.07 Å². The predicted octanol–water partition coefficient (Wildman–Crippen LogP) is 1.74. The summed E-state index contributed by atoms with van der Waals surface area (Å²) in [5.74, 6) is -0.325. The molecule has 3 nitrogen and oxygen atoms in total. The Hall–Kier alpha value is -1.44. The summed E-state index contributed by atoms with van der Waals surface area (Å²) in [5, 5.41) is 11.8. The van der Waals surface area contributed by atoms with Gasteiger partial charge < -0.3 is 10.2 Å². The lowest BCUT2D eigenvalue weighted by atomic mass is 10.1. The Balaban J connectivity index is 2.50. The van der Waals surface area contributed by atoms with Crippen molar-refractivity contribution in [1.29, 1.82) is 5.26 Å². The Morgan fingerprint density at radius 2 is 2.18 bits per heavy atom. The molecule has 1 atom stereocenters. The van der Waals surface area contributed by atoms with E-state index in [-0.39, 0.29) is 5.82 Å². The average molecular weight is 235 g/mol. The van der Waals surface area contributed by atoms with E-state index in [0.29, 0.717) is 23.7 Å². The predicted molar refractivity (Wildman–Crippen MR) is 66.0 cm³/mol. The number of nitriles is 1. The molecule has 17 heavy (non-hydrogen) atoms. The Kier molecular flexibility index (Phi) is 5.08. The zero-order valence-corrected chi connectivity index (χ0v) is 10.5. The fourth-order valence-corrected chi connectivity index (χ4v) is 1.36. The van der Waals surface area contributed by atoms with Gasteiger partial charge in [-0.3, -0.25) is 0 Å². The number of hydrogen-bond acceptors (Lipinski definition) is 3. The first-order valence-corrected chi connectivity index (χ1v) is 5.60. The number of nitrogens with zero attached hydrogens (tertiary/aromatic N) is 2. The fraction of sp³-hybridized carbons (Fsp3) is 0.462. The van der Waals surface area contributed by atoms with Gasteiger partial charge in [0, 0.05) is 24.7 Å². The van der Waals surface area contributed by atoms with Crippen molar-refractivity contribution >= 4 is 0 Å². The van der Waals surface area contributed by atoms with Gasteiger partial charge >= 0.3 is 0 Å². The third-order valence-corrected chi connectivity index (χ3v) is 2.82. The summed E-state index contributed by atoms with van der Waals surface area (Å²) in [7, 11) is 4.02. The fourth-order valence-electron chi connectivity index (χ4n) is 1.36. The van der Waals surface area contributed by atoms with Crippen LogP contribution >= 0.6 is 0 Å². The first kappa shape index (κ1) is 13.6. The van der Waals surface area contributed by atoms with Gasteiger partial charge in [-0.05, 0) is 33.2 Å². The molecule has 0 saturated heterocycles. The molecule has 0 radical (unpaired) electrons. The molecule has 1 N–H and O–H groups in total. The van der Waals surface area contributed by atoms with E-state index in [0.717, 1.165) is 6.54 Å². The van der Waals surface area contributed by atoms with Gasteiger partial charge in [-0.1, -0.05) is 6.07 Å². The zero-order valence-electron chi connectivity index (χ0n) is 10.5. The van der Waals surface area contributed by atoms with Crippen LogP contribution in [0.25, 0.3) is 0 Å². The van der Waals surface area contributed by atoms with E-state index in [1.54, 1.807) is 12.1 Å². The van der Waals surface area contributed by atoms with Crippen molar-refractivity contribution < 1.29 is 4.39 Å². The largest absolute Gasteiger partial charge is 0.311 e. The van der Waals surface area contributed by atoms with Crippen molar-refractivity contribution in [2.45, 2.75) is 19.5 Å². The lowest BCUT2D eigenvalue weighted by molar-refractivity contribution is 0.302. The summed E-state index contributed by atoms with van der Waals surface area (Å²) in [6.45, 7) is 3.38. The molecular formula is C13H18FN3. The lowest BCUT2D eigenvalue weighted by Gasteiger charge is -2.20. The van der Waals surface area contributed by atoms with Crippen LogP contribution in [0, 0.1) is 17.1 Å². The molecule has 0 amide bonds. The van der Waals surface area contributed by atoms with Crippen LogP contribution < -0.4 is 5.32 Å². The molecule has 0 bridgehead atoms. The quantitative estimate of drug-likeness (QED) is 0.845. The molecule has 0 aliphatic carbocycles. The van der Waals surface area contributed by atoms with Gasteiger partial charge in [0.1, 0.15) is 5.82 Å². The van der Waals surface area contributed by atoms with Gasteiger partial charge in [-0.2, -0.15) is 5.26 Å². The number of halogens is 1. The van der Waals surface area contributed by atoms with Crippen molar-refractivity contribution in [3.63, 3.8) is 0 Å². The van der Waals surface area contributed by atoms with E-state index in [2.05, 4.69) is 17.1 Å². The van der Waals surface area contributed by atoms with Crippen LogP contribution in [0.5, 0.6) is 0 Å². The Morgan fingerprint density at radius 1 is 1.47 bits per heavy atom. The van der Waals surface area contributed by atoms with Gasteiger partial charge in [0.15, 0.2) is 0 Å². The zero-order chi connectivity index (χ0) is 12.8. The van der Waals surface area contributed by atoms with E-state index in [1.807, 2.05) is 20.2 Å². The minimum absolute atomic E-state index is 0.325. The maximum atomic E-state index is 13.5. The molecule has 0 aliphatic rings. The smallest absolute Gasteiger partial charge is 0.129 e. The first-order chi connectivity index (χ1) is 8.04. The monoisotopic (exact) mass is 235 g/mol. The highest BCUT2D eigenvalue weighted by Crippen LogP contribution is 2.09. The molecule has 0 aliphatic heterocycles. The van der Waals surface area contributed by atoms with Gasteiger partial charge in [-0.15, -0.1) is 0 Å². The SMILES string of the molecule is CC(CNCc1ccc(C#N)cc1F)N(C)C. The van der Waals surface area contributed by atoms with Crippen LogP contribution in [0.3, 0.4) is 0 Å². The molecule has 4 heteroatoms. The molecule has 0 fully saturated rings. The standard InChI is InChI=1S/C13H18FN3/c1-10(17(2)3)8-16-9-12-5-4-11(7-15)6-13(12)14/h4-6,10,16H,8-9H2,1-3H3. The van der Waals surface area contributed by atoms with Gasteiger partial charge in [0.05, 0.1) is 11.6 Å². The van der Waals surface area contributed by atoms with E-state index < -0.39 is 0 Å². The molecule has 1 aromatic rings. The Morgan fingerprint density at radius 3 is 2.71 bits per heavy atom. The molecule has 0 heterocycles. The summed E-state index contributed by atoms with van der Waals surface area (Å²) < 4.78 is 13.5. The first-order valence-electron chi connectivity index (χ1n) is 5.60. The van der Waals surface area contributed by atoms with E-state index >= 15 is 0 Å². The van der Waals surface area contributed by atoms with Crippen molar-refractivity contribution in [2.75, 3.05) is 20.6 Å². The Bertz CT molecular complexity index is 410. The van der Waals surface area contributed by atoms with Crippen LogP contribution in [0.15, 0.2) is 18.2 Å². The van der Waals surface area contributed by atoms with Crippen LogP contribution in [0.1, 0.15) is 18.1 Å². The van der Waals surface area contributed by atoms with Crippen molar-refractivity contribution in [3.05, 3.63) is 35.1 Å². The highest BCUT2D eigenvalue weighted by Gasteiger charge is 2.06. The minimum atomic E-state index is -0.325. The van der Waals surface area contributed by atoms with Gasteiger partial charge in [-0.25, -0.2) is 4.39 Å². The van der Waals surface area contributed by atoms with Crippen molar-refractivity contribution in [1.82, 2.24) is 10.2 Å². The topological polar surface area (TPSA) is 39.1 Å². The van der Waals surface area contributed by atoms with Crippen LogP contribution in [0.4, 0.5) is 4.39 Å². The maximum Gasteiger partial charge on any atom is 0.129 e. The van der Waals surface area contributed by atoms with Crippen LogP contribution in [-0.2, 0) is 6.54 Å². The number of nitrogens with one attached hydrogen (secondary N) is 1. The third kappa shape index (κ3) is 4.14. The molecule has 0 saturated carbocycles. The molecule has 1 aromatic carbocycles. The van der Waals surface area contributed by atoms with Gasteiger partial charge in [0.25, 0.3) is 0 Å².